The van der Waals surface area contributed by atoms with Crippen molar-refractivity contribution in [1.82, 2.24) is 9.47 Å². The Bertz CT molecular complexity index is 845. The Kier molecular flexibility index (Phi) is 5.41. The van der Waals surface area contributed by atoms with Gasteiger partial charge in [0, 0.05) is 19.6 Å². The summed E-state index contributed by atoms with van der Waals surface area (Å²) in [6.07, 6.45) is -0.105. The molecule has 1 aromatic carbocycles. The lowest BCUT2D eigenvalue weighted by Gasteiger charge is -2.35. The highest BCUT2D eigenvalue weighted by Crippen LogP contribution is 2.13. The molecule has 8 nitrogen and oxygen atoms in total. The summed E-state index contributed by atoms with van der Waals surface area (Å²) in [5.74, 6) is -1.30. The average molecular weight is 362 g/mol. The molecule has 140 valence electrons. The Labute approximate surface area is 150 Å². The van der Waals surface area contributed by atoms with Crippen molar-refractivity contribution in [1.29, 1.82) is 0 Å². The number of aryl methyl sites for hydroxylation is 1. The number of esters is 1. The monoisotopic (exact) mass is 362 g/mol. The molecule has 0 radical (unpaired) electrons. The van der Waals surface area contributed by atoms with Crippen LogP contribution in [0.4, 0.5) is 0 Å². The van der Waals surface area contributed by atoms with Crippen LogP contribution < -0.4 is 5.76 Å². The predicted molar refractivity (Wildman–Crippen MR) is 92.6 cm³/mol. The fourth-order valence-corrected chi connectivity index (χ4v) is 3.12. The molecule has 1 amide bonds. The maximum Gasteiger partial charge on any atom is 0.419 e. The van der Waals surface area contributed by atoms with Crippen molar-refractivity contribution in [2.45, 2.75) is 39.0 Å². The lowest BCUT2D eigenvalue weighted by atomic mass is 10.2. The first-order valence-electron chi connectivity index (χ1n) is 8.61. The molecule has 0 unspecified atom stereocenters. The first-order chi connectivity index (χ1) is 12.4. The second kappa shape index (κ2) is 7.74. The largest absolute Gasteiger partial charge is 0.456 e. The van der Waals surface area contributed by atoms with E-state index in [0.717, 1.165) is 0 Å². The summed E-state index contributed by atoms with van der Waals surface area (Å²) in [6, 6.07) is 6.99. The van der Waals surface area contributed by atoms with Crippen LogP contribution >= 0.6 is 0 Å². The molecule has 0 aliphatic carbocycles. The third-order valence-corrected chi connectivity index (χ3v) is 4.24. The number of amides is 1. The summed E-state index contributed by atoms with van der Waals surface area (Å²) in [6.45, 7) is 4.59. The Morgan fingerprint density at radius 1 is 1.19 bits per heavy atom. The van der Waals surface area contributed by atoms with Gasteiger partial charge in [-0.05, 0) is 26.0 Å². The van der Waals surface area contributed by atoms with Crippen LogP contribution in [0.5, 0.6) is 0 Å². The molecule has 1 aliphatic rings. The number of fused-ring (bicyclic) bond motifs is 1. The van der Waals surface area contributed by atoms with E-state index in [2.05, 4.69) is 0 Å². The SMILES string of the molecule is C[C@H]1CN(C(=O)COC(=O)CCn2c(=O)oc3ccccc32)C[C@H](C)O1. The van der Waals surface area contributed by atoms with E-state index in [9.17, 15) is 14.4 Å². The van der Waals surface area contributed by atoms with Crippen LogP contribution in [0.25, 0.3) is 11.1 Å². The molecule has 3 rings (SSSR count). The fourth-order valence-electron chi connectivity index (χ4n) is 3.12. The number of hydrogen-bond acceptors (Lipinski definition) is 6. The minimum Gasteiger partial charge on any atom is -0.456 e. The van der Waals surface area contributed by atoms with Gasteiger partial charge in [0.25, 0.3) is 5.91 Å². The summed E-state index contributed by atoms with van der Waals surface area (Å²) < 4.78 is 17.1. The standard InChI is InChI=1S/C18H22N2O6/c1-12-9-19(10-13(2)25-12)16(21)11-24-17(22)7-8-20-14-5-3-4-6-15(14)26-18(20)23/h3-6,12-13H,7-11H2,1-2H3/t12-,13-/m0/s1. The van der Waals surface area contributed by atoms with Crippen LogP contribution in [0.3, 0.4) is 0 Å². The molecule has 1 fully saturated rings. The third kappa shape index (κ3) is 4.13. The van der Waals surface area contributed by atoms with Gasteiger partial charge in [-0.25, -0.2) is 4.79 Å². The van der Waals surface area contributed by atoms with Crippen LogP contribution in [0.15, 0.2) is 33.5 Å². The topological polar surface area (TPSA) is 91.0 Å². The first kappa shape index (κ1) is 18.2. The molecule has 0 N–H and O–H groups in total. The van der Waals surface area contributed by atoms with E-state index in [1.54, 1.807) is 29.2 Å². The van der Waals surface area contributed by atoms with Gasteiger partial charge in [0.1, 0.15) is 0 Å². The van der Waals surface area contributed by atoms with Gasteiger partial charge in [-0.1, -0.05) is 12.1 Å². The van der Waals surface area contributed by atoms with E-state index >= 15 is 0 Å². The van der Waals surface area contributed by atoms with Gasteiger partial charge in [0.2, 0.25) is 0 Å². The highest BCUT2D eigenvalue weighted by Gasteiger charge is 2.26. The average Bonchev–Trinajstić information content (AvgIpc) is 2.92. The molecule has 1 aliphatic heterocycles. The maximum atomic E-state index is 12.2. The van der Waals surface area contributed by atoms with Crippen molar-refractivity contribution in [3.8, 4) is 0 Å². The predicted octanol–water partition coefficient (Wildman–Crippen LogP) is 1.16. The van der Waals surface area contributed by atoms with E-state index in [-0.39, 0.29) is 37.7 Å². The summed E-state index contributed by atoms with van der Waals surface area (Å²) in [7, 11) is 0. The lowest BCUT2D eigenvalue weighted by Crippen LogP contribution is -2.49. The van der Waals surface area contributed by atoms with Crippen molar-refractivity contribution in [3.63, 3.8) is 0 Å². The Morgan fingerprint density at radius 2 is 1.88 bits per heavy atom. The number of para-hydroxylation sites is 2. The minimum absolute atomic E-state index is 0.0212. The third-order valence-electron chi connectivity index (χ3n) is 4.24. The van der Waals surface area contributed by atoms with E-state index in [0.29, 0.717) is 24.2 Å². The van der Waals surface area contributed by atoms with Gasteiger partial charge in [-0.15, -0.1) is 0 Å². The Hall–Kier alpha value is -2.61. The number of morpholine rings is 1. The number of oxazole rings is 1. The molecular weight excluding hydrogens is 340 g/mol. The number of aromatic nitrogens is 1. The van der Waals surface area contributed by atoms with Crippen molar-refractivity contribution in [2.75, 3.05) is 19.7 Å². The van der Waals surface area contributed by atoms with Gasteiger partial charge in [-0.3, -0.25) is 14.2 Å². The van der Waals surface area contributed by atoms with Crippen LogP contribution in [0.1, 0.15) is 20.3 Å². The van der Waals surface area contributed by atoms with Crippen LogP contribution in [-0.2, 0) is 25.6 Å². The van der Waals surface area contributed by atoms with Crippen molar-refractivity contribution in [3.05, 3.63) is 34.8 Å². The highest BCUT2D eigenvalue weighted by atomic mass is 16.5. The zero-order valence-corrected chi connectivity index (χ0v) is 14.8. The van der Waals surface area contributed by atoms with E-state index in [4.69, 9.17) is 13.9 Å². The molecular formula is C18H22N2O6. The molecule has 0 saturated carbocycles. The van der Waals surface area contributed by atoms with E-state index in [1.165, 1.54) is 4.57 Å². The quantitative estimate of drug-likeness (QED) is 0.742. The number of ether oxygens (including phenoxy) is 2. The molecule has 1 saturated heterocycles. The van der Waals surface area contributed by atoms with Crippen LogP contribution in [0.2, 0.25) is 0 Å². The summed E-state index contributed by atoms with van der Waals surface area (Å²) in [4.78, 5) is 37.6. The maximum absolute atomic E-state index is 12.2. The summed E-state index contributed by atoms with van der Waals surface area (Å²) in [5.41, 5.74) is 1.09. The molecule has 2 aromatic rings. The van der Waals surface area contributed by atoms with Gasteiger partial charge in [-0.2, -0.15) is 0 Å². The summed E-state index contributed by atoms with van der Waals surface area (Å²) >= 11 is 0. The normalized spacial score (nSPS) is 20.3. The fraction of sp³-hybridized carbons (Fsp3) is 0.500. The van der Waals surface area contributed by atoms with Crippen molar-refractivity contribution < 1.29 is 23.5 Å². The molecule has 1 aromatic heterocycles. The number of carbonyl (C=O) groups excluding carboxylic acids is 2. The smallest absolute Gasteiger partial charge is 0.419 e. The number of hydrogen-bond donors (Lipinski definition) is 0. The Morgan fingerprint density at radius 3 is 2.62 bits per heavy atom. The molecule has 26 heavy (non-hydrogen) atoms. The first-order valence-corrected chi connectivity index (χ1v) is 8.61. The van der Waals surface area contributed by atoms with Gasteiger partial charge >= 0.3 is 11.7 Å². The van der Waals surface area contributed by atoms with Gasteiger partial charge < -0.3 is 18.8 Å². The number of carbonyl (C=O) groups is 2. The molecule has 0 spiro atoms. The number of benzene rings is 1. The molecule has 8 heteroatoms. The second-order valence-corrected chi connectivity index (χ2v) is 6.45. The molecule has 2 atom stereocenters. The lowest BCUT2D eigenvalue weighted by molar-refractivity contribution is -0.157. The van der Waals surface area contributed by atoms with Gasteiger partial charge in [0.05, 0.1) is 24.1 Å². The van der Waals surface area contributed by atoms with Gasteiger partial charge in [0.15, 0.2) is 12.2 Å². The molecule has 2 heterocycles. The van der Waals surface area contributed by atoms with Crippen molar-refractivity contribution in [2.24, 2.45) is 0 Å². The second-order valence-electron chi connectivity index (χ2n) is 6.45. The van der Waals surface area contributed by atoms with Crippen molar-refractivity contribution >= 4 is 23.0 Å². The van der Waals surface area contributed by atoms with E-state index < -0.39 is 11.7 Å². The molecule has 0 bridgehead atoms. The van der Waals surface area contributed by atoms with Crippen LogP contribution in [-0.4, -0.2) is 53.2 Å². The zero-order chi connectivity index (χ0) is 18.7. The Balaban J connectivity index is 1.50. The summed E-state index contributed by atoms with van der Waals surface area (Å²) in [5, 5.41) is 0. The highest BCUT2D eigenvalue weighted by molar-refractivity contribution is 5.81. The number of nitrogens with zero attached hydrogens (tertiary/aromatic N) is 2. The van der Waals surface area contributed by atoms with Crippen LogP contribution in [0, 0.1) is 0 Å². The minimum atomic E-state index is -0.537. The zero-order valence-electron chi connectivity index (χ0n) is 14.8. The number of rotatable bonds is 5. The van der Waals surface area contributed by atoms with E-state index in [1.807, 2.05) is 13.8 Å².